The minimum atomic E-state index is -0.698. The van der Waals surface area contributed by atoms with Gasteiger partial charge in [0, 0.05) is 5.69 Å². The Labute approximate surface area is 211 Å². The molecule has 0 spiro atoms. The number of methoxy groups -OCH3 is 2. The molecule has 0 aliphatic carbocycles. The molecule has 1 saturated heterocycles. The average molecular weight is 505 g/mol. The molecule has 4 amide bonds. The van der Waals surface area contributed by atoms with Gasteiger partial charge >= 0.3 is 12.0 Å². The predicted octanol–water partition coefficient (Wildman–Crippen LogP) is 3.19. The monoisotopic (exact) mass is 505 g/mol. The van der Waals surface area contributed by atoms with Crippen molar-refractivity contribution in [2.45, 2.75) is 6.61 Å². The summed E-state index contributed by atoms with van der Waals surface area (Å²) in [5.41, 5.74) is 1.12. The summed E-state index contributed by atoms with van der Waals surface area (Å²) >= 11 is 0. The maximum absolute atomic E-state index is 12.8. The molecule has 190 valence electrons. The van der Waals surface area contributed by atoms with E-state index in [-0.39, 0.29) is 18.1 Å². The molecule has 0 saturated carbocycles. The maximum atomic E-state index is 12.8. The van der Waals surface area contributed by atoms with Crippen molar-refractivity contribution in [2.24, 2.45) is 0 Å². The second-order valence-electron chi connectivity index (χ2n) is 7.75. The lowest BCUT2D eigenvalue weighted by Gasteiger charge is -2.12. The number of hydrogen-bond donors (Lipinski definition) is 2. The second kappa shape index (κ2) is 11.1. The zero-order chi connectivity index (χ0) is 26.4. The van der Waals surface area contributed by atoms with Crippen LogP contribution in [0, 0.1) is 0 Å². The first-order chi connectivity index (χ1) is 17.9. The Morgan fingerprint density at radius 1 is 1.03 bits per heavy atom. The number of furan rings is 1. The first-order valence-electron chi connectivity index (χ1n) is 11.0. The number of carbonyl (C=O) groups excluding carboxylic acids is 4. The fourth-order valence-electron chi connectivity index (χ4n) is 3.46. The molecule has 0 atom stereocenters. The van der Waals surface area contributed by atoms with Crippen molar-refractivity contribution in [3.05, 3.63) is 83.4 Å². The second-order valence-corrected chi connectivity index (χ2v) is 7.75. The van der Waals surface area contributed by atoms with E-state index in [1.54, 1.807) is 54.6 Å². The van der Waals surface area contributed by atoms with Crippen LogP contribution in [0.25, 0.3) is 6.08 Å². The number of carbonyl (C=O) groups is 4. The van der Waals surface area contributed by atoms with Gasteiger partial charge in [0.25, 0.3) is 5.91 Å². The highest BCUT2D eigenvalue weighted by atomic mass is 16.5. The minimum absolute atomic E-state index is 0.0131. The lowest BCUT2D eigenvalue weighted by molar-refractivity contribution is -0.127. The molecule has 0 unspecified atom stereocenters. The Bertz CT molecular complexity index is 1360. The molecular weight excluding hydrogens is 482 g/mol. The smallest absolute Gasteiger partial charge is 0.373 e. The van der Waals surface area contributed by atoms with Crippen LogP contribution in [-0.2, 0) is 20.9 Å². The zero-order valence-corrected chi connectivity index (χ0v) is 20.0. The van der Waals surface area contributed by atoms with E-state index in [2.05, 4.69) is 15.4 Å². The van der Waals surface area contributed by atoms with Crippen LogP contribution in [0.2, 0.25) is 0 Å². The SMILES string of the molecule is COC(=O)c1ccc(COc2ccc(C=C3NC(=O)N(CC(=O)Nc4ccccc4)C3=O)cc2OC)o1. The fourth-order valence-corrected chi connectivity index (χ4v) is 3.46. The van der Waals surface area contributed by atoms with Gasteiger partial charge in [0.15, 0.2) is 11.5 Å². The summed E-state index contributed by atoms with van der Waals surface area (Å²) in [5.74, 6) is -0.507. The number of urea groups is 1. The number of rotatable bonds is 9. The first kappa shape index (κ1) is 25.0. The molecule has 1 aliphatic heterocycles. The van der Waals surface area contributed by atoms with Crippen molar-refractivity contribution < 1.29 is 37.8 Å². The van der Waals surface area contributed by atoms with E-state index in [4.69, 9.17) is 13.9 Å². The third kappa shape index (κ3) is 5.96. The normalized spacial score (nSPS) is 13.9. The summed E-state index contributed by atoms with van der Waals surface area (Å²) in [6.45, 7) is -0.403. The van der Waals surface area contributed by atoms with Gasteiger partial charge in [-0.05, 0) is 48.0 Å². The summed E-state index contributed by atoms with van der Waals surface area (Å²) in [4.78, 5) is 49.7. The highest BCUT2D eigenvalue weighted by Crippen LogP contribution is 2.30. The van der Waals surface area contributed by atoms with Gasteiger partial charge in [0.1, 0.15) is 24.6 Å². The molecule has 2 N–H and O–H groups in total. The third-order valence-electron chi connectivity index (χ3n) is 5.24. The van der Waals surface area contributed by atoms with Gasteiger partial charge < -0.3 is 29.3 Å². The lowest BCUT2D eigenvalue weighted by atomic mass is 10.1. The van der Waals surface area contributed by atoms with Crippen molar-refractivity contribution >= 4 is 35.6 Å². The Morgan fingerprint density at radius 3 is 2.54 bits per heavy atom. The van der Waals surface area contributed by atoms with E-state index < -0.39 is 30.4 Å². The summed E-state index contributed by atoms with van der Waals surface area (Å²) in [5, 5.41) is 5.12. The van der Waals surface area contributed by atoms with Gasteiger partial charge in [0.05, 0.1) is 14.2 Å². The molecule has 1 aliphatic rings. The fraction of sp³-hybridized carbons (Fsp3) is 0.154. The molecular formula is C26H23N3O8. The minimum Gasteiger partial charge on any atom is -0.493 e. The molecule has 0 radical (unpaired) electrons. The van der Waals surface area contributed by atoms with E-state index in [0.29, 0.717) is 28.5 Å². The number of hydrogen-bond acceptors (Lipinski definition) is 8. The number of anilines is 1. The number of ether oxygens (including phenoxy) is 3. The van der Waals surface area contributed by atoms with E-state index in [9.17, 15) is 19.2 Å². The number of imide groups is 1. The molecule has 1 aromatic heterocycles. The molecule has 37 heavy (non-hydrogen) atoms. The number of amides is 4. The molecule has 11 heteroatoms. The van der Waals surface area contributed by atoms with Gasteiger partial charge in [-0.3, -0.25) is 9.59 Å². The summed E-state index contributed by atoms with van der Waals surface area (Å²) in [6.07, 6.45) is 1.47. The Morgan fingerprint density at radius 2 is 1.81 bits per heavy atom. The largest absolute Gasteiger partial charge is 0.493 e. The van der Waals surface area contributed by atoms with E-state index in [1.807, 2.05) is 0 Å². The number of esters is 1. The topological polar surface area (TPSA) is 136 Å². The van der Waals surface area contributed by atoms with Crippen LogP contribution in [0.4, 0.5) is 10.5 Å². The Kier molecular flexibility index (Phi) is 7.53. The average Bonchev–Trinajstić information content (AvgIpc) is 3.48. The van der Waals surface area contributed by atoms with Crippen LogP contribution >= 0.6 is 0 Å². The van der Waals surface area contributed by atoms with Crippen molar-refractivity contribution in [2.75, 3.05) is 26.1 Å². The van der Waals surface area contributed by atoms with Crippen molar-refractivity contribution in [3.8, 4) is 11.5 Å². The number of nitrogens with zero attached hydrogens (tertiary/aromatic N) is 1. The van der Waals surface area contributed by atoms with Gasteiger partial charge in [-0.25, -0.2) is 14.5 Å². The number of nitrogens with one attached hydrogen (secondary N) is 2. The third-order valence-corrected chi connectivity index (χ3v) is 5.24. The highest BCUT2D eigenvalue weighted by molar-refractivity contribution is 6.16. The van der Waals surface area contributed by atoms with Crippen molar-refractivity contribution in [1.82, 2.24) is 10.2 Å². The Hall–Kier alpha value is -5.06. The van der Waals surface area contributed by atoms with Gasteiger partial charge in [-0.15, -0.1) is 0 Å². The summed E-state index contributed by atoms with van der Waals surface area (Å²) < 4.78 is 21.1. The molecule has 3 aromatic rings. The van der Waals surface area contributed by atoms with Gasteiger partial charge in [0.2, 0.25) is 11.7 Å². The molecule has 1 fully saturated rings. The van der Waals surface area contributed by atoms with E-state index in [1.165, 1.54) is 26.4 Å². The molecule has 2 aromatic carbocycles. The quantitative estimate of drug-likeness (QED) is 0.257. The lowest BCUT2D eigenvalue weighted by Crippen LogP contribution is -2.38. The molecule has 2 heterocycles. The van der Waals surface area contributed by atoms with Crippen LogP contribution < -0.4 is 20.1 Å². The van der Waals surface area contributed by atoms with E-state index in [0.717, 1.165) is 4.90 Å². The first-order valence-corrected chi connectivity index (χ1v) is 11.0. The predicted molar refractivity (Wildman–Crippen MR) is 131 cm³/mol. The van der Waals surface area contributed by atoms with Gasteiger partial charge in [-0.2, -0.15) is 0 Å². The van der Waals surface area contributed by atoms with Crippen LogP contribution in [0.1, 0.15) is 21.9 Å². The Balaban J connectivity index is 1.41. The summed E-state index contributed by atoms with van der Waals surface area (Å²) in [6, 6.07) is 16.0. The van der Waals surface area contributed by atoms with Crippen LogP contribution in [0.15, 0.2) is 70.8 Å². The van der Waals surface area contributed by atoms with Crippen LogP contribution in [0.5, 0.6) is 11.5 Å². The van der Waals surface area contributed by atoms with Crippen LogP contribution in [-0.4, -0.2) is 49.5 Å². The zero-order valence-electron chi connectivity index (χ0n) is 20.0. The van der Waals surface area contributed by atoms with Gasteiger partial charge in [-0.1, -0.05) is 24.3 Å². The molecule has 4 rings (SSSR count). The summed E-state index contributed by atoms with van der Waals surface area (Å²) in [7, 11) is 2.71. The highest BCUT2D eigenvalue weighted by Gasteiger charge is 2.35. The van der Waals surface area contributed by atoms with Crippen molar-refractivity contribution in [3.63, 3.8) is 0 Å². The molecule has 0 bridgehead atoms. The number of benzene rings is 2. The van der Waals surface area contributed by atoms with Crippen molar-refractivity contribution in [1.29, 1.82) is 0 Å². The van der Waals surface area contributed by atoms with Crippen LogP contribution in [0.3, 0.4) is 0 Å². The van der Waals surface area contributed by atoms with E-state index >= 15 is 0 Å². The molecule has 11 nitrogen and oxygen atoms in total. The standard InChI is InChI=1S/C26H23N3O8/c1-34-22-13-16(8-10-20(22)36-15-18-9-11-21(37-18)25(32)35-2)12-19-24(31)29(26(33)28-19)14-23(30)27-17-6-4-3-5-7-17/h3-13H,14-15H2,1-2H3,(H,27,30)(H,28,33). The maximum Gasteiger partial charge on any atom is 0.373 e. The number of para-hydroxylation sites is 1.